The maximum Gasteiger partial charge on any atom is 0.161 e. The summed E-state index contributed by atoms with van der Waals surface area (Å²) in [5, 5.41) is 17.5. The van der Waals surface area contributed by atoms with Crippen molar-refractivity contribution in [3.8, 4) is 11.5 Å². The molecule has 0 bridgehead atoms. The second kappa shape index (κ2) is 5.85. The van der Waals surface area contributed by atoms with Crippen LogP contribution in [0.2, 0.25) is 0 Å². The normalized spacial score (nSPS) is 10.1. The van der Waals surface area contributed by atoms with Gasteiger partial charge in [-0.3, -0.25) is 15.4 Å². The van der Waals surface area contributed by atoms with Crippen molar-refractivity contribution in [1.29, 1.82) is 0 Å². The first-order valence-corrected chi connectivity index (χ1v) is 5.54. The van der Waals surface area contributed by atoms with Gasteiger partial charge in [-0.25, -0.2) is 0 Å². The number of hydrogen-bond acceptors (Lipinski definition) is 5. The van der Waals surface area contributed by atoms with E-state index >= 15 is 0 Å². The molecule has 96 valence electrons. The molecule has 18 heavy (non-hydrogen) atoms. The van der Waals surface area contributed by atoms with Gasteiger partial charge in [0, 0.05) is 6.54 Å². The highest BCUT2D eigenvalue weighted by Gasteiger charge is 2.04. The smallest absolute Gasteiger partial charge is 0.161 e. The standard InChI is InChI=1S/C11H14N5O2/c1-3-18-9-5-4-8(6-10(9)17-2)7-12-11-13-15-16-14-11/h4-6H,3,7H2,1-2H3,(H-,12,13,14,15,16)/q-1. The number of nitrogens with zero attached hydrogens (tertiary/aromatic N) is 4. The number of rotatable bonds is 6. The molecule has 0 spiro atoms. The Morgan fingerprint density at radius 2 is 2.22 bits per heavy atom. The Morgan fingerprint density at radius 1 is 1.33 bits per heavy atom. The predicted octanol–water partition coefficient (Wildman–Crippen LogP) is 1.81. The van der Waals surface area contributed by atoms with Crippen molar-refractivity contribution < 1.29 is 9.47 Å². The lowest BCUT2D eigenvalue weighted by Gasteiger charge is -2.12. The quantitative estimate of drug-likeness (QED) is 0.842. The van der Waals surface area contributed by atoms with E-state index in [4.69, 9.17) is 9.47 Å². The molecule has 0 fully saturated rings. The fourth-order valence-electron chi connectivity index (χ4n) is 1.47. The van der Waals surface area contributed by atoms with Crippen LogP contribution in [0.15, 0.2) is 18.2 Å². The molecule has 1 heterocycles. The molecule has 7 nitrogen and oxygen atoms in total. The number of aromatic nitrogens is 4. The monoisotopic (exact) mass is 248 g/mol. The topological polar surface area (TPSA) is 87.0 Å². The van der Waals surface area contributed by atoms with Crippen molar-refractivity contribution in [3.05, 3.63) is 29.1 Å². The Balaban J connectivity index is 2.05. The first-order chi connectivity index (χ1) is 8.83. The highest BCUT2D eigenvalue weighted by molar-refractivity contribution is 5.44. The van der Waals surface area contributed by atoms with Crippen molar-refractivity contribution >= 4 is 5.95 Å². The second-order valence-electron chi connectivity index (χ2n) is 3.45. The van der Waals surface area contributed by atoms with Gasteiger partial charge in [0.2, 0.25) is 0 Å². The molecule has 0 aliphatic carbocycles. The molecule has 0 amide bonds. The third-order valence-electron chi connectivity index (χ3n) is 2.27. The van der Waals surface area contributed by atoms with Crippen LogP contribution in [0.4, 0.5) is 5.95 Å². The number of ether oxygens (including phenoxy) is 2. The molecule has 2 rings (SSSR count). The molecule has 1 aromatic carbocycles. The first-order valence-electron chi connectivity index (χ1n) is 5.54. The van der Waals surface area contributed by atoms with Crippen molar-refractivity contribution in [2.24, 2.45) is 0 Å². The van der Waals surface area contributed by atoms with Crippen LogP contribution >= 0.6 is 0 Å². The fraction of sp³-hybridized carbons (Fsp3) is 0.364. The van der Waals surface area contributed by atoms with Gasteiger partial charge >= 0.3 is 0 Å². The molecule has 0 saturated carbocycles. The number of benzene rings is 1. The van der Waals surface area contributed by atoms with Crippen molar-refractivity contribution in [2.45, 2.75) is 13.5 Å². The van der Waals surface area contributed by atoms with Gasteiger partial charge in [0.15, 0.2) is 11.5 Å². The summed E-state index contributed by atoms with van der Waals surface area (Å²) in [5.74, 6) is 1.75. The number of nitrogens with one attached hydrogen (secondary N) is 1. The maximum atomic E-state index is 5.44. The van der Waals surface area contributed by atoms with Crippen LogP contribution in [-0.2, 0) is 6.54 Å². The lowest BCUT2D eigenvalue weighted by molar-refractivity contribution is 0.310. The summed E-state index contributed by atoms with van der Waals surface area (Å²) in [6.07, 6.45) is 0. The molecule has 0 saturated heterocycles. The van der Waals surface area contributed by atoms with E-state index in [0.717, 1.165) is 11.3 Å². The Labute approximate surface area is 104 Å². The largest absolute Gasteiger partial charge is 0.493 e. The minimum absolute atomic E-state index is 0.336. The van der Waals surface area contributed by atoms with Gasteiger partial charge in [-0.2, -0.15) is 0 Å². The van der Waals surface area contributed by atoms with Gasteiger partial charge in [0.1, 0.15) is 0 Å². The lowest BCUT2D eigenvalue weighted by atomic mass is 10.2. The summed E-state index contributed by atoms with van der Waals surface area (Å²) >= 11 is 0. The van der Waals surface area contributed by atoms with Crippen molar-refractivity contribution in [3.63, 3.8) is 0 Å². The van der Waals surface area contributed by atoms with Gasteiger partial charge in [0.05, 0.1) is 19.7 Å². The minimum Gasteiger partial charge on any atom is -0.493 e. The highest BCUT2D eigenvalue weighted by Crippen LogP contribution is 2.29. The molecule has 0 unspecified atom stereocenters. The lowest BCUT2D eigenvalue weighted by Crippen LogP contribution is -1.96. The summed E-state index contributed by atoms with van der Waals surface area (Å²) in [7, 11) is 1.61. The third kappa shape index (κ3) is 2.88. The van der Waals surface area contributed by atoms with Crippen molar-refractivity contribution in [1.82, 2.24) is 20.6 Å². The van der Waals surface area contributed by atoms with E-state index < -0.39 is 0 Å². The van der Waals surface area contributed by atoms with Gasteiger partial charge in [0.25, 0.3) is 0 Å². The zero-order valence-electron chi connectivity index (χ0n) is 10.3. The Kier molecular flexibility index (Phi) is 3.95. The van der Waals surface area contributed by atoms with E-state index in [9.17, 15) is 0 Å². The average molecular weight is 248 g/mol. The molecule has 2 aromatic rings. The maximum absolute atomic E-state index is 5.44. The zero-order chi connectivity index (χ0) is 12.8. The Bertz CT molecular complexity index is 486. The van der Waals surface area contributed by atoms with Crippen LogP contribution < -0.4 is 9.47 Å². The summed E-state index contributed by atoms with van der Waals surface area (Å²) in [6.45, 7) is 2.99. The fourth-order valence-corrected chi connectivity index (χ4v) is 1.47. The molecular weight excluding hydrogens is 234 g/mol. The van der Waals surface area contributed by atoms with E-state index in [1.165, 1.54) is 0 Å². The van der Waals surface area contributed by atoms with Gasteiger partial charge in [-0.1, -0.05) is 6.07 Å². The second-order valence-corrected chi connectivity index (χ2v) is 3.45. The van der Waals surface area contributed by atoms with Crippen LogP contribution in [0.25, 0.3) is 5.32 Å². The van der Waals surface area contributed by atoms with Gasteiger partial charge in [-0.05, 0) is 24.6 Å². The van der Waals surface area contributed by atoms with E-state index in [1.807, 2.05) is 25.1 Å². The number of methoxy groups -OCH3 is 1. The van der Waals surface area contributed by atoms with Crippen LogP contribution in [0.1, 0.15) is 12.5 Å². The summed E-state index contributed by atoms with van der Waals surface area (Å²) in [4.78, 5) is 0. The third-order valence-corrected chi connectivity index (χ3v) is 2.27. The van der Waals surface area contributed by atoms with E-state index in [1.54, 1.807) is 7.11 Å². The summed E-state index contributed by atoms with van der Waals surface area (Å²) in [6, 6.07) is 5.68. The number of H-pyrrole nitrogens is 1. The van der Waals surface area contributed by atoms with Gasteiger partial charge in [-0.15, -0.1) is 5.21 Å². The molecule has 1 N–H and O–H groups in total. The number of aromatic amines is 1. The van der Waals surface area contributed by atoms with Crippen LogP contribution in [0.5, 0.6) is 11.5 Å². The molecule has 0 atom stereocenters. The van der Waals surface area contributed by atoms with E-state index in [0.29, 0.717) is 24.8 Å². The number of tetrazole rings is 1. The predicted molar refractivity (Wildman–Crippen MR) is 65.1 cm³/mol. The van der Waals surface area contributed by atoms with E-state index in [2.05, 4.69) is 25.9 Å². The summed E-state index contributed by atoms with van der Waals surface area (Å²) < 4.78 is 10.7. The highest BCUT2D eigenvalue weighted by atomic mass is 16.5. The minimum atomic E-state index is 0.336. The Morgan fingerprint density at radius 3 is 2.89 bits per heavy atom. The molecular formula is C11H14N5O2-. The number of hydrogen-bond donors (Lipinski definition) is 1. The SMILES string of the molecule is CCOc1ccc(C[N-]c2nn[nH]n2)cc1OC. The Hall–Kier alpha value is -2.31. The van der Waals surface area contributed by atoms with Gasteiger partial charge < -0.3 is 14.8 Å². The molecule has 7 heteroatoms. The molecule has 0 aliphatic heterocycles. The zero-order valence-corrected chi connectivity index (χ0v) is 10.3. The molecule has 0 radical (unpaired) electrons. The average Bonchev–Trinajstić information content (AvgIpc) is 2.91. The molecule has 1 aromatic heterocycles. The van der Waals surface area contributed by atoms with Crippen LogP contribution in [0, 0.1) is 0 Å². The van der Waals surface area contributed by atoms with Crippen LogP contribution in [0.3, 0.4) is 0 Å². The first kappa shape index (κ1) is 12.2. The van der Waals surface area contributed by atoms with Crippen LogP contribution in [-0.4, -0.2) is 34.3 Å². The molecule has 0 aliphatic rings. The van der Waals surface area contributed by atoms with Crippen molar-refractivity contribution in [2.75, 3.05) is 13.7 Å². The summed E-state index contributed by atoms with van der Waals surface area (Å²) in [5.41, 5.74) is 0.986. The van der Waals surface area contributed by atoms with E-state index in [-0.39, 0.29) is 0 Å².